The molecule has 0 spiro atoms. The highest BCUT2D eigenvalue weighted by atomic mass is 32.2. The summed E-state index contributed by atoms with van der Waals surface area (Å²) in [5, 5.41) is 11.6. The number of carbonyl (C=O) groups excluding carboxylic acids is 1. The van der Waals surface area contributed by atoms with Crippen molar-refractivity contribution in [2.24, 2.45) is 0 Å². The molecule has 8 nitrogen and oxygen atoms in total. The molecule has 1 amide bonds. The van der Waals surface area contributed by atoms with Crippen molar-refractivity contribution in [2.45, 2.75) is 36.8 Å². The number of aryl methyl sites for hydroxylation is 1. The Morgan fingerprint density at radius 2 is 1.84 bits per heavy atom. The van der Waals surface area contributed by atoms with Crippen molar-refractivity contribution in [3.8, 4) is 11.5 Å². The van der Waals surface area contributed by atoms with Gasteiger partial charge in [0.05, 0.1) is 19.8 Å². The van der Waals surface area contributed by atoms with Gasteiger partial charge < -0.3 is 20.2 Å². The highest BCUT2D eigenvalue weighted by molar-refractivity contribution is 8.00. The molecule has 4 rings (SSSR count). The molecule has 1 aromatic heterocycles. The van der Waals surface area contributed by atoms with E-state index in [9.17, 15) is 4.79 Å². The summed E-state index contributed by atoms with van der Waals surface area (Å²) < 4.78 is 12.6. The number of ether oxygens (including phenoxy) is 2. The van der Waals surface area contributed by atoms with Gasteiger partial charge in [-0.2, -0.15) is 0 Å². The number of hydrogen-bond donors (Lipinski definition) is 2. The molecule has 1 aliphatic rings. The summed E-state index contributed by atoms with van der Waals surface area (Å²) in [4.78, 5) is 13.2. The number of methoxy groups -OCH3 is 1. The van der Waals surface area contributed by atoms with Crippen LogP contribution in [0.5, 0.6) is 11.5 Å². The fourth-order valence-electron chi connectivity index (χ4n) is 3.38. The summed E-state index contributed by atoms with van der Waals surface area (Å²) in [6, 6.07) is 15.2. The van der Waals surface area contributed by atoms with Crippen molar-refractivity contribution in [2.75, 3.05) is 19.1 Å². The first kappa shape index (κ1) is 21.0. The zero-order valence-corrected chi connectivity index (χ0v) is 18.5. The zero-order chi connectivity index (χ0) is 21.8. The van der Waals surface area contributed by atoms with Crippen LogP contribution >= 0.6 is 11.8 Å². The maximum atomic E-state index is 13.2. The number of nitrogens with one attached hydrogen (secondary N) is 2. The molecule has 3 aromatic rings. The Morgan fingerprint density at radius 3 is 2.52 bits per heavy atom. The van der Waals surface area contributed by atoms with E-state index in [1.807, 2.05) is 67.1 Å². The lowest BCUT2D eigenvalue weighted by molar-refractivity contribution is -0.121. The molecule has 2 atom stereocenters. The first-order valence-corrected chi connectivity index (χ1v) is 11.0. The second kappa shape index (κ2) is 9.30. The lowest BCUT2D eigenvalue weighted by atomic mass is 10.0. The van der Waals surface area contributed by atoms with E-state index in [1.165, 1.54) is 11.8 Å². The average Bonchev–Trinajstić information content (AvgIpc) is 3.17. The third-order valence-electron chi connectivity index (χ3n) is 5.03. The molecule has 2 N–H and O–H groups in total. The van der Waals surface area contributed by atoms with Crippen molar-refractivity contribution < 1.29 is 14.3 Å². The van der Waals surface area contributed by atoms with Gasteiger partial charge in [-0.05, 0) is 49.2 Å². The highest BCUT2D eigenvalue weighted by Crippen LogP contribution is 2.37. The van der Waals surface area contributed by atoms with Gasteiger partial charge in [0.25, 0.3) is 0 Å². The summed E-state index contributed by atoms with van der Waals surface area (Å²) in [6.07, 6.45) is 0. The monoisotopic (exact) mass is 439 g/mol. The Bertz CT molecular complexity index is 1040. The van der Waals surface area contributed by atoms with Gasteiger partial charge in [-0.1, -0.05) is 36.0 Å². The number of hydrogen-bond acceptors (Lipinski definition) is 7. The topological polar surface area (TPSA) is 90.3 Å². The molecule has 31 heavy (non-hydrogen) atoms. The predicted octanol–water partition coefficient (Wildman–Crippen LogP) is 3.07. The molecule has 0 fully saturated rings. The molecule has 9 heteroatoms. The first-order chi connectivity index (χ1) is 15.1. The largest absolute Gasteiger partial charge is 0.497 e. The molecule has 2 unspecified atom stereocenters. The van der Waals surface area contributed by atoms with Crippen LogP contribution in [0.15, 0.2) is 53.7 Å². The van der Waals surface area contributed by atoms with Crippen LogP contribution in [-0.4, -0.2) is 39.7 Å². The SMILES string of the molecule is CCOc1ccc(C2Nn3c(C)nnc3SC2C(=O)NCc2ccc(OC)cc2)cc1. The minimum absolute atomic E-state index is 0.0703. The lowest BCUT2D eigenvalue weighted by Crippen LogP contribution is -2.44. The summed E-state index contributed by atoms with van der Waals surface area (Å²) in [5.74, 6) is 2.26. The molecule has 162 valence electrons. The molecular weight excluding hydrogens is 414 g/mol. The lowest BCUT2D eigenvalue weighted by Gasteiger charge is -2.32. The predicted molar refractivity (Wildman–Crippen MR) is 119 cm³/mol. The number of carbonyl (C=O) groups is 1. The van der Waals surface area contributed by atoms with Crippen molar-refractivity contribution in [3.05, 3.63) is 65.5 Å². The third-order valence-corrected chi connectivity index (χ3v) is 6.25. The van der Waals surface area contributed by atoms with Gasteiger partial charge >= 0.3 is 0 Å². The van der Waals surface area contributed by atoms with Crippen LogP contribution in [0.3, 0.4) is 0 Å². The van der Waals surface area contributed by atoms with Crippen LogP contribution in [0.25, 0.3) is 0 Å². The number of benzene rings is 2. The summed E-state index contributed by atoms with van der Waals surface area (Å²) in [5.41, 5.74) is 5.39. The van der Waals surface area contributed by atoms with Crippen molar-refractivity contribution in [3.63, 3.8) is 0 Å². The molecule has 0 bridgehead atoms. The standard InChI is InChI=1S/C22H25N5O3S/c1-4-30-18-11-7-16(8-12-18)19-20(31-22-25-24-14(2)27(22)26-19)21(28)23-13-15-5-9-17(29-3)10-6-15/h5-12,19-20,26H,4,13H2,1-3H3,(H,23,28). The highest BCUT2D eigenvalue weighted by Gasteiger charge is 2.37. The fraction of sp³-hybridized carbons (Fsp3) is 0.318. The molecule has 0 aliphatic carbocycles. The Morgan fingerprint density at radius 1 is 1.13 bits per heavy atom. The van der Waals surface area contributed by atoms with Gasteiger partial charge in [-0.25, -0.2) is 4.68 Å². The van der Waals surface area contributed by atoms with E-state index in [0.717, 1.165) is 28.5 Å². The van der Waals surface area contributed by atoms with Crippen LogP contribution in [0, 0.1) is 6.92 Å². The van der Waals surface area contributed by atoms with Gasteiger partial charge in [-0.15, -0.1) is 10.2 Å². The van der Waals surface area contributed by atoms with Crippen molar-refractivity contribution in [1.82, 2.24) is 20.2 Å². The van der Waals surface area contributed by atoms with Crippen LogP contribution in [-0.2, 0) is 11.3 Å². The van der Waals surface area contributed by atoms with Crippen LogP contribution in [0.1, 0.15) is 29.9 Å². The van der Waals surface area contributed by atoms with E-state index in [2.05, 4.69) is 20.9 Å². The van der Waals surface area contributed by atoms with E-state index in [1.54, 1.807) is 7.11 Å². The summed E-state index contributed by atoms with van der Waals surface area (Å²) >= 11 is 1.41. The molecule has 0 saturated carbocycles. The van der Waals surface area contributed by atoms with Gasteiger partial charge in [0.1, 0.15) is 22.6 Å². The number of nitrogens with zero attached hydrogens (tertiary/aromatic N) is 3. The van der Waals surface area contributed by atoms with Gasteiger partial charge in [0.2, 0.25) is 11.1 Å². The number of rotatable bonds is 7. The molecule has 0 saturated heterocycles. The number of fused-ring (bicyclic) bond motifs is 1. The number of aromatic nitrogens is 3. The van der Waals surface area contributed by atoms with E-state index >= 15 is 0 Å². The molecule has 0 radical (unpaired) electrons. The second-order valence-corrected chi connectivity index (χ2v) is 8.19. The Hall–Kier alpha value is -3.20. The second-order valence-electron chi connectivity index (χ2n) is 7.08. The maximum Gasteiger partial charge on any atom is 0.236 e. The van der Waals surface area contributed by atoms with Crippen LogP contribution < -0.4 is 20.2 Å². The summed E-state index contributed by atoms with van der Waals surface area (Å²) in [6.45, 7) is 4.87. The zero-order valence-electron chi connectivity index (χ0n) is 17.7. The number of thioether (sulfide) groups is 1. The van der Waals surface area contributed by atoms with Crippen LogP contribution in [0.2, 0.25) is 0 Å². The molecular formula is C22H25N5O3S. The quantitative estimate of drug-likeness (QED) is 0.585. The minimum atomic E-state index is -0.410. The van der Waals surface area contributed by atoms with Gasteiger partial charge in [0.15, 0.2) is 0 Å². The van der Waals surface area contributed by atoms with Crippen molar-refractivity contribution in [1.29, 1.82) is 0 Å². The molecule has 2 heterocycles. The van der Waals surface area contributed by atoms with E-state index in [-0.39, 0.29) is 11.9 Å². The third kappa shape index (κ3) is 4.61. The normalized spacial score (nSPS) is 17.4. The van der Waals surface area contributed by atoms with Gasteiger partial charge in [-0.3, -0.25) is 4.79 Å². The summed E-state index contributed by atoms with van der Waals surface area (Å²) in [7, 11) is 1.63. The smallest absolute Gasteiger partial charge is 0.236 e. The Kier molecular flexibility index (Phi) is 6.31. The maximum absolute atomic E-state index is 13.2. The first-order valence-electron chi connectivity index (χ1n) is 10.1. The Labute approximate surface area is 185 Å². The fourth-order valence-corrected chi connectivity index (χ4v) is 4.53. The van der Waals surface area contributed by atoms with Gasteiger partial charge in [0, 0.05) is 6.54 Å². The van der Waals surface area contributed by atoms with E-state index in [4.69, 9.17) is 9.47 Å². The number of amides is 1. The Balaban J connectivity index is 1.53. The molecule has 1 aliphatic heterocycles. The average molecular weight is 440 g/mol. The van der Waals surface area contributed by atoms with E-state index < -0.39 is 5.25 Å². The van der Waals surface area contributed by atoms with Crippen molar-refractivity contribution >= 4 is 17.7 Å². The van der Waals surface area contributed by atoms with E-state index in [0.29, 0.717) is 18.3 Å². The molecule has 2 aromatic carbocycles. The van der Waals surface area contributed by atoms with Crippen LogP contribution in [0.4, 0.5) is 0 Å². The minimum Gasteiger partial charge on any atom is -0.497 e.